The third-order valence-electron chi connectivity index (χ3n) is 6.21. The Bertz CT molecular complexity index is 1180. The first-order chi connectivity index (χ1) is 16.9. The van der Waals surface area contributed by atoms with E-state index in [1.807, 2.05) is 93.2 Å². The maximum atomic E-state index is 13.3. The van der Waals surface area contributed by atoms with Gasteiger partial charge in [-0.2, -0.15) is 11.8 Å². The summed E-state index contributed by atoms with van der Waals surface area (Å²) >= 11 is 1.89. The van der Waals surface area contributed by atoms with E-state index in [2.05, 4.69) is 5.32 Å². The highest BCUT2D eigenvalue weighted by molar-refractivity contribution is 8.00. The van der Waals surface area contributed by atoms with E-state index < -0.39 is 11.7 Å². The van der Waals surface area contributed by atoms with Gasteiger partial charge in [-0.25, -0.2) is 0 Å². The van der Waals surface area contributed by atoms with E-state index in [0.29, 0.717) is 6.10 Å². The minimum atomic E-state index is -0.810. The first-order valence-electron chi connectivity index (χ1n) is 12.0. The molecular formula is C28H31NO5S. The van der Waals surface area contributed by atoms with Crippen molar-refractivity contribution < 1.29 is 23.7 Å². The lowest BCUT2D eigenvalue weighted by molar-refractivity contribution is -0.226. The third kappa shape index (κ3) is 5.27. The molecule has 3 aromatic carbocycles. The Hall–Kier alpha value is -2.74. The number of rotatable bonds is 7. The van der Waals surface area contributed by atoms with Crippen molar-refractivity contribution in [1.29, 1.82) is 0 Å². The van der Waals surface area contributed by atoms with Crippen LogP contribution in [-0.2, 0) is 14.3 Å². The molecule has 2 heterocycles. The fourth-order valence-electron chi connectivity index (χ4n) is 4.12. The highest BCUT2D eigenvalue weighted by Crippen LogP contribution is 2.36. The Morgan fingerprint density at radius 3 is 2.31 bits per heavy atom. The monoisotopic (exact) mass is 493 g/mol. The quantitative estimate of drug-likeness (QED) is 0.448. The van der Waals surface area contributed by atoms with Crippen molar-refractivity contribution in [2.45, 2.75) is 39.3 Å². The van der Waals surface area contributed by atoms with Gasteiger partial charge in [-0.15, -0.1) is 0 Å². The van der Waals surface area contributed by atoms with Crippen LogP contribution in [0.25, 0.3) is 10.8 Å². The topological polar surface area (TPSA) is 66.0 Å². The van der Waals surface area contributed by atoms with E-state index in [1.165, 1.54) is 0 Å². The Kier molecular flexibility index (Phi) is 6.91. The molecule has 2 saturated heterocycles. The molecule has 0 radical (unpaired) electrons. The average molecular weight is 494 g/mol. The second-order valence-electron chi connectivity index (χ2n) is 9.64. The van der Waals surface area contributed by atoms with Gasteiger partial charge in [-0.3, -0.25) is 4.79 Å². The molecule has 2 fully saturated rings. The lowest BCUT2D eigenvalue weighted by atomic mass is 9.90. The van der Waals surface area contributed by atoms with Gasteiger partial charge in [-0.05, 0) is 45.0 Å². The number of anilines is 1. The predicted molar refractivity (Wildman–Crippen MR) is 139 cm³/mol. The van der Waals surface area contributed by atoms with Crippen molar-refractivity contribution >= 4 is 34.1 Å². The molecular weight excluding hydrogens is 462 g/mol. The van der Waals surface area contributed by atoms with Crippen LogP contribution in [0.2, 0.25) is 0 Å². The van der Waals surface area contributed by atoms with Crippen molar-refractivity contribution in [2.75, 3.05) is 30.0 Å². The molecule has 0 aromatic heterocycles. The van der Waals surface area contributed by atoms with Gasteiger partial charge in [-0.1, -0.05) is 36.4 Å². The summed E-state index contributed by atoms with van der Waals surface area (Å²) in [4.78, 5) is 13.3. The molecule has 0 aliphatic carbocycles. The van der Waals surface area contributed by atoms with E-state index in [-0.39, 0.29) is 25.2 Å². The maximum Gasteiger partial charge on any atom is 0.235 e. The van der Waals surface area contributed by atoms with Crippen LogP contribution in [0.4, 0.5) is 5.69 Å². The number of nitrogens with one attached hydrogen (secondary N) is 1. The summed E-state index contributed by atoms with van der Waals surface area (Å²) in [6, 6.07) is 19.5. The summed E-state index contributed by atoms with van der Waals surface area (Å²) in [6.45, 7) is 6.38. The number of carbonyl (C=O) groups excluding carboxylic acids is 1. The summed E-state index contributed by atoms with van der Waals surface area (Å²) < 4.78 is 23.8. The minimum absolute atomic E-state index is 0.0628. The van der Waals surface area contributed by atoms with E-state index in [9.17, 15) is 4.79 Å². The van der Waals surface area contributed by atoms with Gasteiger partial charge in [0, 0.05) is 33.5 Å². The zero-order valence-electron chi connectivity index (χ0n) is 20.3. The number of thioether (sulfide) groups is 1. The van der Waals surface area contributed by atoms with Gasteiger partial charge >= 0.3 is 0 Å². The Balaban J connectivity index is 1.24. The summed E-state index contributed by atoms with van der Waals surface area (Å²) in [6.07, 6.45) is -0.131. The first kappa shape index (κ1) is 24.0. The van der Waals surface area contributed by atoms with Gasteiger partial charge in [0.2, 0.25) is 5.91 Å². The Labute approximate surface area is 210 Å². The fraction of sp³-hybridized carbons (Fsp3) is 0.393. The van der Waals surface area contributed by atoms with Crippen molar-refractivity contribution in [1.82, 2.24) is 0 Å². The molecule has 5 rings (SSSR count). The number of fused-ring (bicyclic) bond motifs is 1. The summed E-state index contributed by atoms with van der Waals surface area (Å²) in [5.74, 6) is 3.61. The van der Waals surface area contributed by atoms with E-state index in [4.69, 9.17) is 18.9 Å². The van der Waals surface area contributed by atoms with Crippen molar-refractivity contribution in [3.63, 3.8) is 0 Å². The van der Waals surface area contributed by atoms with Gasteiger partial charge in [0.15, 0.2) is 6.29 Å². The van der Waals surface area contributed by atoms with Crippen molar-refractivity contribution in [2.24, 2.45) is 5.41 Å². The van der Waals surface area contributed by atoms with Crippen LogP contribution in [0.3, 0.4) is 0 Å². The zero-order chi connectivity index (χ0) is 24.4. The SMILES string of the molecule is CC(C)Oc1ccc(NC(=O)C2(C)COC(c3ccc(OC4CSC4)cc3)OC2)c2ccccc12. The molecule has 2 aliphatic heterocycles. The molecule has 1 N–H and O–H groups in total. The molecule has 2 aliphatic rings. The average Bonchev–Trinajstić information content (AvgIpc) is 2.83. The third-order valence-corrected chi connectivity index (χ3v) is 7.43. The second kappa shape index (κ2) is 10.1. The van der Waals surface area contributed by atoms with Crippen LogP contribution in [0.15, 0.2) is 60.7 Å². The molecule has 6 nitrogen and oxygen atoms in total. The van der Waals surface area contributed by atoms with Crippen LogP contribution in [0.5, 0.6) is 11.5 Å². The zero-order valence-corrected chi connectivity index (χ0v) is 21.1. The molecule has 0 atom stereocenters. The molecule has 1 amide bonds. The van der Waals surface area contributed by atoms with E-state index >= 15 is 0 Å². The second-order valence-corrected chi connectivity index (χ2v) is 10.7. The predicted octanol–water partition coefficient (Wildman–Crippen LogP) is 5.81. The molecule has 0 saturated carbocycles. The van der Waals surface area contributed by atoms with Crippen LogP contribution in [0, 0.1) is 5.41 Å². The Morgan fingerprint density at radius 1 is 1.00 bits per heavy atom. The van der Waals surface area contributed by atoms with Crippen molar-refractivity contribution in [3.05, 3.63) is 66.2 Å². The highest BCUT2D eigenvalue weighted by atomic mass is 32.2. The van der Waals surface area contributed by atoms with Gasteiger partial charge in [0.05, 0.1) is 24.7 Å². The Morgan fingerprint density at radius 2 is 1.69 bits per heavy atom. The molecule has 7 heteroatoms. The number of amides is 1. The molecule has 0 spiro atoms. The minimum Gasteiger partial charge on any atom is -0.490 e. The van der Waals surface area contributed by atoms with Crippen LogP contribution < -0.4 is 14.8 Å². The number of hydrogen-bond donors (Lipinski definition) is 1. The van der Waals surface area contributed by atoms with Crippen LogP contribution >= 0.6 is 11.8 Å². The van der Waals surface area contributed by atoms with E-state index in [1.54, 1.807) is 0 Å². The van der Waals surface area contributed by atoms with E-state index in [0.717, 1.165) is 45.0 Å². The van der Waals surface area contributed by atoms with Gasteiger partial charge in [0.25, 0.3) is 0 Å². The standard InChI is InChI=1S/C28H31NO5S/c1-18(2)33-25-13-12-24(22-6-4-5-7-23(22)25)29-27(30)28(3)16-31-26(32-17-28)19-8-10-20(11-9-19)34-21-14-35-15-21/h4-13,18,21,26H,14-17H2,1-3H3,(H,29,30). The smallest absolute Gasteiger partial charge is 0.235 e. The maximum absolute atomic E-state index is 13.3. The lowest BCUT2D eigenvalue weighted by Gasteiger charge is -2.36. The molecule has 35 heavy (non-hydrogen) atoms. The first-order valence-corrected chi connectivity index (χ1v) is 13.1. The van der Waals surface area contributed by atoms with Gasteiger partial charge < -0.3 is 24.3 Å². The normalized spacial score (nSPS) is 22.6. The largest absolute Gasteiger partial charge is 0.490 e. The summed E-state index contributed by atoms with van der Waals surface area (Å²) in [5.41, 5.74) is 0.843. The molecule has 3 aromatic rings. The summed E-state index contributed by atoms with van der Waals surface area (Å²) in [7, 11) is 0. The summed E-state index contributed by atoms with van der Waals surface area (Å²) in [5, 5.41) is 4.99. The van der Waals surface area contributed by atoms with Crippen LogP contribution in [-0.4, -0.2) is 42.8 Å². The molecule has 0 bridgehead atoms. The number of ether oxygens (including phenoxy) is 4. The van der Waals surface area contributed by atoms with Crippen molar-refractivity contribution in [3.8, 4) is 11.5 Å². The number of carbonyl (C=O) groups is 1. The fourth-order valence-corrected chi connectivity index (χ4v) is 4.69. The number of benzene rings is 3. The highest BCUT2D eigenvalue weighted by Gasteiger charge is 2.40. The van der Waals surface area contributed by atoms with Gasteiger partial charge in [0.1, 0.15) is 17.6 Å². The number of hydrogen-bond acceptors (Lipinski definition) is 6. The molecule has 184 valence electrons. The lowest BCUT2D eigenvalue weighted by Crippen LogP contribution is -2.45. The molecule has 0 unspecified atom stereocenters. The van der Waals surface area contributed by atoms with Crippen LogP contribution in [0.1, 0.15) is 32.6 Å².